The minimum atomic E-state index is -0.582. The quantitative estimate of drug-likeness (QED) is 0.404. The van der Waals surface area contributed by atoms with Crippen molar-refractivity contribution in [2.75, 3.05) is 10.7 Å². The molecule has 1 fully saturated rings. The molecule has 1 aliphatic carbocycles. The monoisotopic (exact) mass is 408 g/mol. The highest BCUT2D eigenvalue weighted by atomic mass is 16.6. The number of amides is 1. The third-order valence-electron chi connectivity index (χ3n) is 4.86. The molecule has 4 rings (SSSR count). The van der Waals surface area contributed by atoms with Crippen LogP contribution in [0.15, 0.2) is 47.3 Å². The van der Waals surface area contributed by atoms with Gasteiger partial charge in [-0.2, -0.15) is 0 Å². The lowest BCUT2D eigenvalue weighted by atomic mass is 10.1. The molecule has 1 aliphatic rings. The van der Waals surface area contributed by atoms with Crippen LogP contribution in [0.1, 0.15) is 30.1 Å². The molecule has 0 spiro atoms. The van der Waals surface area contributed by atoms with Crippen molar-refractivity contribution in [2.24, 2.45) is 0 Å². The van der Waals surface area contributed by atoms with Crippen molar-refractivity contribution in [1.29, 1.82) is 0 Å². The second-order valence-electron chi connectivity index (χ2n) is 6.99. The Labute approximate surface area is 171 Å². The number of hydrogen-bond acceptors (Lipinski definition) is 7. The lowest BCUT2D eigenvalue weighted by Gasteiger charge is -2.14. The average Bonchev–Trinajstić information content (AvgIpc) is 3.56. The van der Waals surface area contributed by atoms with Crippen molar-refractivity contribution in [1.82, 2.24) is 15.0 Å². The van der Waals surface area contributed by atoms with Gasteiger partial charge in [0.1, 0.15) is 5.69 Å². The number of para-hydroxylation sites is 1. The summed E-state index contributed by atoms with van der Waals surface area (Å²) >= 11 is 0. The van der Waals surface area contributed by atoms with Crippen LogP contribution in [0.2, 0.25) is 0 Å². The molecular weight excluding hydrogens is 388 g/mol. The predicted octanol–water partition coefficient (Wildman–Crippen LogP) is 2.66. The number of carbonyl (C=O) groups is 1. The van der Waals surface area contributed by atoms with Gasteiger partial charge in [-0.15, -0.1) is 0 Å². The summed E-state index contributed by atoms with van der Waals surface area (Å²) in [7, 11) is 0. The summed E-state index contributed by atoms with van der Waals surface area (Å²) in [5.41, 5.74) is 5.74. The molecule has 3 N–H and O–H groups in total. The Bertz CT molecular complexity index is 1200. The molecule has 0 radical (unpaired) electrons. The Morgan fingerprint density at radius 1 is 1.27 bits per heavy atom. The lowest BCUT2D eigenvalue weighted by Crippen LogP contribution is -2.34. The van der Waals surface area contributed by atoms with Gasteiger partial charge < -0.3 is 5.32 Å². The third-order valence-corrected chi connectivity index (χ3v) is 4.86. The average molecular weight is 408 g/mol. The van der Waals surface area contributed by atoms with Gasteiger partial charge in [-0.3, -0.25) is 35.1 Å². The lowest BCUT2D eigenvalue weighted by molar-refractivity contribution is -0.384. The molecule has 10 nitrogen and oxygen atoms in total. The van der Waals surface area contributed by atoms with Crippen LogP contribution in [0.5, 0.6) is 0 Å². The summed E-state index contributed by atoms with van der Waals surface area (Å²) in [6, 6.07) is 11.4. The molecule has 1 saturated carbocycles. The molecule has 1 amide bonds. The Morgan fingerprint density at radius 3 is 2.73 bits per heavy atom. The smallest absolute Gasteiger partial charge is 0.293 e. The van der Waals surface area contributed by atoms with Crippen molar-refractivity contribution < 1.29 is 9.72 Å². The van der Waals surface area contributed by atoms with E-state index in [4.69, 9.17) is 0 Å². The molecule has 0 saturated heterocycles. The van der Waals surface area contributed by atoms with Crippen LogP contribution in [0.4, 0.5) is 17.3 Å². The maximum atomic E-state index is 12.6. The van der Waals surface area contributed by atoms with E-state index in [9.17, 15) is 19.7 Å². The van der Waals surface area contributed by atoms with Gasteiger partial charge in [0.15, 0.2) is 0 Å². The first-order valence-electron chi connectivity index (χ1n) is 9.59. The maximum absolute atomic E-state index is 12.6. The summed E-state index contributed by atoms with van der Waals surface area (Å²) in [6.07, 6.45) is 1.95. The van der Waals surface area contributed by atoms with Crippen LogP contribution < -0.4 is 21.7 Å². The van der Waals surface area contributed by atoms with E-state index in [1.807, 2.05) is 0 Å². The van der Waals surface area contributed by atoms with E-state index in [2.05, 4.69) is 21.2 Å². The number of hydrazine groups is 1. The second-order valence-corrected chi connectivity index (χ2v) is 6.99. The summed E-state index contributed by atoms with van der Waals surface area (Å²) < 4.78 is 1.40. The highest BCUT2D eigenvalue weighted by molar-refractivity contribution is 5.96. The van der Waals surface area contributed by atoms with E-state index in [-0.39, 0.29) is 28.8 Å². The summed E-state index contributed by atoms with van der Waals surface area (Å²) in [4.78, 5) is 40.5. The molecule has 0 bridgehead atoms. The minimum absolute atomic E-state index is 0.113. The zero-order valence-corrected chi connectivity index (χ0v) is 16.2. The van der Waals surface area contributed by atoms with Crippen molar-refractivity contribution in [3.63, 3.8) is 0 Å². The zero-order valence-electron chi connectivity index (χ0n) is 16.2. The van der Waals surface area contributed by atoms with E-state index in [0.29, 0.717) is 23.1 Å². The minimum Gasteiger partial charge on any atom is -0.377 e. The number of aromatic nitrogens is 2. The van der Waals surface area contributed by atoms with Crippen LogP contribution >= 0.6 is 0 Å². The number of nitro groups is 1. The Morgan fingerprint density at radius 2 is 2.03 bits per heavy atom. The largest absolute Gasteiger partial charge is 0.377 e. The normalized spacial score (nSPS) is 13.1. The predicted molar refractivity (Wildman–Crippen MR) is 113 cm³/mol. The van der Waals surface area contributed by atoms with Gasteiger partial charge in [-0.1, -0.05) is 12.1 Å². The number of anilines is 2. The number of fused-ring (bicyclic) bond motifs is 1. The van der Waals surface area contributed by atoms with Crippen LogP contribution in [0.25, 0.3) is 10.9 Å². The maximum Gasteiger partial charge on any atom is 0.293 e. The van der Waals surface area contributed by atoms with Gasteiger partial charge in [0.2, 0.25) is 5.95 Å². The van der Waals surface area contributed by atoms with Gasteiger partial charge >= 0.3 is 0 Å². The summed E-state index contributed by atoms with van der Waals surface area (Å²) in [5, 5.41) is 15.0. The van der Waals surface area contributed by atoms with E-state index in [1.54, 1.807) is 31.2 Å². The van der Waals surface area contributed by atoms with E-state index in [0.717, 1.165) is 12.8 Å². The fourth-order valence-electron chi connectivity index (χ4n) is 3.14. The highest BCUT2D eigenvalue weighted by Gasteiger charge is 2.25. The zero-order chi connectivity index (χ0) is 21.3. The van der Waals surface area contributed by atoms with Gasteiger partial charge in [0.25, 0.3) is 17.2 Å². The van der Waals surface area contributed by atoms with E-state index < -0.39 is 10.8 Å². The van der Waals surface area contributed by atoms with Gasteiger partial charge in [0, 0.05) is 24.2 Å². The summed E-state index contributed by atoms with van der Waals surface area (Å²) in [6.45, 7) is 2.14. The number of carbonyl (C=O) groups excluding carboxylic acids is 1. The van der Waals surface area contributed by atoms with Crippen molar-refractivity contribution in [3.8, 4) is 0 Å². The highest BCUT2D eigenvalue weighted by Crippen LogP contribution is 2.31. The molecule has 0 unspecified atom stereocenters. The Hall–Kier alpha value is -3.95. The molecule has 1 aromatic heterocycles. The molecule has 154 valence electrons. The van der Waals surface area contributed by atoms with Gasteiger partial charge in [0.05, 0.1) is 15.8 Å². The number of hydrogen-bond donors (Lipinski definition) is 3. The topological polar surface area (TPSA) is 131 Å². The fraction of sp³-hybridized carbons (Fsp3) is 0.250. The SMILES string of the molecule is CCn1c(NNC(=O)c2ccc(NC3CC3)c([N+](=O)[O-])c2)nc2ccccc2c1=O. The number of nitrogens with one attached hydrogen (secondary N) is 3. The first kappa shape index (κ1) is 19.4. The number of nitrogens with zero attached hydrogens (tertiary/aromatic N) is 3. The fourth-order valence-corrected chi connectivity index (χ4v) is 3.14. The van der Waals surface area contributed by atoms with Crippen LogP contribution in [-0.4, -0.2) is 26.4 Å². The number of rotatable bonds is 7. The Kier molecular flexibility index (Phi) is 5.05. The van der Waals surface area contributed by atoms with Crippen LogP contribution in [0.3, 0.4) is 0 Å². The van der Waals surface area contributed by atoms with Crippen LogP contribution in [0, 0.1) is 10.1 Å². The summed E-state index contributed by atoms with van der Waals surface area (Å²) in [5.74, 6) is -0.405. The third kappa shape index (κ3) is 3.79. The van der Waals surface area contributed by atoms with Gasteiger partial charge in [-0.25, -0.2) is 4.98 Å². The molecular formula is C20H20N6O4. The molecule has 3 aromatic rings. The number of nitro benzene ring substituents is 1. The molecule has 0 aliphatic heterocycles. The molecule has 1 heterocycles. The van der Waals surface area contributed by atoms with Gasteiger partial charge in [-0.05, 0) is 44.0 Å². The van der Waals surface area contributed by atoms with Crippen LogP contribution in [-0.2, 0) is 6.54 Å². The first-order chi connectivity index (χ1) is 14.5. The Balaban J connectivity index is 1.57. The molecule has 10 heteroatoms. The molecule has 30 heavy (non-hydrogen) atoms. The van der Waals surface area contributed by atoms with E-state index >= 15 is 0 Å². The second kappa shape index (κ2) is 7.82. The van der Waals surface area contributed by atoms with Crippen molar-refractivity contribution in [2.45, 2.75) is 32.4 Å². The van der Waals surface area contributed by atoms with Crippen molar-refractivity contribution in [3.05, 3.63) is 68.5 Å². The molecule has 2 aromatic carbocycles. The first-order valence-corrected chi connectivity index (χ1v) is 9.59. The van der Waals surface area contributed by atoms with E-state index in [1.165, 1.54) is 22.8 Å². The number of benzene rings is 2. The molecule has 0 atom stereocenters. The standard InChI is InChI=1S/C20H20N6O4/c1-2-25-19(28)14-5-3-4-6-15(14)22-20(25)24-23-18(27)12-7-10-16(21-13-8-9-13)17(11-12)26(29)30/h3-7,10-11,13,21H,2,8-9H2,1H3,(H,22,24)(H,23,27). The van der Waals surface area contributed by atoms with Crippen molar-refractivity contribution >= 4 is 34.1 Å².